The van der Waals surface area contributed by atoms with Crippen molar-refractivity contribution >= 4 is 33.3 Å². The summed E-state index contributed by atoms with van der Waals surface area (Å²) < 4.78 is 25.0. The zero-order chi connectivity index (χ0) is 16.3. The lowest BCUT2D eigenvalue weighted by Crippen LogP contribution is -2.43. The topological polar surface area (TPSA) is 122 Å². The second kappa shape index (κ2) is 6.22. The number of nitrogens with one attached hydrogen (secondary N) is 2. The molecule has 1 heterocycles. The normalized spacial score (nSPS) is 17.8. The number of anilines is 2. The highest BCUT2D eigenvalue weighted by molar-refractivity contribution is 7.93. The smallest absolute Gasteiger partial charge is 0.318 e. The molecular weight excluding hydrogens is 308 g/mol. The van der Waals surface area contributed by atoms with Gasteiger partial charge in [0, 0.05) is 12.2 Å². The summed E-state index contributed by atoms with van der Waals surface area (Å²) in [5.41, 5.74) is 6.11. The van der Waals surface area contributed by atoms with Crippen LogP contribution >= 0.6 is 0 Å². The van der Waals surface area contributed by atoms with Crippen molar-refractivity contribution in [2.24, 2.45) is 5.73 Å². The summed E-state index contributed by atoms with van der Waals surface area (Å²) >= 11 is 0. The van der Waals surface area contributed by atoms with Crippen LogP contribution < -0.4 is 20.7 Å². The SMILES string of the molecule is C[C@H](Nc1ccc(N2CCCS2(=O)=O)cc1)C(=O)NC(N)=O. The quantitative estimate of drug-likeness (QED) is 0.731. The standard InChI is InChI=1S/C13H18N4O4S/c1-9(12(18)16-13(14)19)15-10-3-5-11(6-4-10)17-7-2-8-22(17,20)21/h3-6,9,15H,2,7-8H2,1H3,(H3,14,16,18,19)/t9-/m0/s1. The van der Waals surface area contributed by atoms with E-state index in [1.54, 1.807) is 31.2 Å². The molecule has 1 aliphatic rings. The molecule has 1 aliphatic heterocycles. The minimum atomic E-state index is -3.21. The summed E-state index contributed by atoms with van der Waals surface area (Å²) in [6, 6.07) is 5.13. The maximum Gasteiger partial charge on any atom is 0.318 e. The van der Waals surface area contributed by atoms with Crippen molar-refractivity contribution in [3.8, 4) is 0 Å². The average Bonchev–Trinajstić information content (AvgIpc) is 2.78. The Bertz CT molecular complexity index is 672. The van der Waals surface area contributed by atoms with Crippen LogP contribution in [0.5, 0.6) is 0 Å². The molecule has 0 unspecified atom stereocenters. The van der Waals surface area contributed by atoms with E-state index in [0.717, 1.165) is 0 Å². The van der Waals surface area contributed by atoms with E-state index in [2.05, 4.69) is 5.32 Å². The highest BCUT2D eigenvalue weighted by Gasteiger charge is 2.28. The number of amides is 3. The lowest BCUT2D eigenvalue weighted by Gasteiger charge is -2.18. The Kier molecular flexibility index (Phi) is 4.55. The first kappa shape index (κ1) is 16.1. The highest BCUT2D eigenvalue weighted by atomic mass is 32.2. The summed E-state index contributed by atoms with van der Waals surface area (Å²) in [4.78, 5) is 22.2. The van der Waals surface area contributed by atoms with Crippen LogP contribution in [0.25, 0.3) is 0 Å². The van der Waals surface area contributed by atoms with E-state index < -0.39 is 28.0 Å². The molecule has 8 nitrogen and oxygen atoms in total. The van der Waals surface area contributed by atoms with Gasteiger partial charge in [0.25, 0.3) is 0 Å². The number of nitrogens with zero attached hydrogens (tertiary/aromatic N) is 1. The molecule has 0 radical (unpaired) electrons. The number of rotatable bonds is 4. The molecule has 1 aromatic carbocycles. The van der Waals surface area contributed by atoms with Crippen LogP contribution in [0, 0.1) is 0 Å². The number of carbonyl (C=O) groups is 2. The predicted molar refractivity (Wildman–Crippen MR) is 83.0 cm³/mol. The third-order valence-electron chi connectivity index (χ3n) is 3.28. The Morgan fingerprint density at radius 3 is 2.41 bits per heavy atom. The van der Waals surface area contributed by atoms with Crippen molar-refractivity contribution < 1.29 is 18.0 Å². The van der Waals surface area contributed by atoms with Crippen molar-refractivity contribution in [1.29, 1.82) is 0 Å². The van der Waals surface area contributed by atoms with Gasteiger partial charge >= 0.3 is 6.03 Å². The first-order valence-corrected chi connectivity index (χ1v) is 8.38. The van der Waals surface area contributed by atoms with Crippen molar-refractivity contribution in [3.05, 3.63) is 24.3 Å². The van der Waals surface area contributed by atoms with Gasteiger partial charge in [0.2, 0.25) is 15.9 Å². The summed E-state index contributed by atoms with van der Waals surface area (Å²) in [7, 11) is -3.21. The molecular formula is C13H18N4O4S. The molecule has 2 rings (SSSR count). The molecule has 0 aromatic heterocycles. The van der Waals surface area contributed by atoms with Crippen LogP contribution in [-0.2, 0) is 14.8 Å². The molecule has 1 saturated heterocycles. The van der Waals surface area contributed by atoms with E-state index in [1.165, 1.54) is 4.31 Å². The largest absolute Gasteiger partial charge is 0.374 e. The maximum atomic E-state index is 11.8. The van der Waals surface area contributed by atoms with Crippen LogP contribution in [0.4, 0.5) is 16.2 Å². The van der Waals surface area contributed by atoms with Crippen molar-refractivity contribution in [2.75, 3.05) is 21.9 Å². The maximum absolute atomic E-state index is 11.8. The summed E-state index contributed by atoms with van der Waals surface area (Å²) in [5.74, 6) is -0.379. The number of nitrogens with two attached hydrogens (primary N) is 1. The van der Waals surface area contributed by atoms with Crippen LogP contribution in [0.2, 0.25) is 0 Å². The number of hydrogen-bond donors (Lipinski definition) is 3. The number of hydrogen-bond acceptors (Lipinski definition) is 5. The first-order chi connectivity index (χ1) is 10.3. The number of carbonyl (C=O) groups excluding carboxylic acids is 2. The van der Waals surface area contributed by atoms with Crippen LogP contribution in [0.1, 0.15) is 13.3 Å². The molecule has 0 saturated carbocycles. The van der Waals surface area contributed by atoms with E-state index in [0.29, 0.717) is 24.3 Å². The van der Waals surface area contributed by atoms with E-state index in [-0.39, 0.29) is 5.75 Å². The first-order valence-electron chi connectivity index (χ1n) is 6.77. The van der Waals surface area contributed by atoms with Crippen molar-refractivity contribution in [1.82, 2.24) is 5.32 Å². The zero-order valence-electron chi connectivity index (χ0n) is 12.1. The average molecular weight is 326 g/mol. The molecule has 120 valence electrons. The van der Waals surface area contributed by atoms with Crippen LogP contribution in [0.15, 0.2) is 24.3 Å². The minimum absolute atomic E-state index is 0.164. The fraction of sp³-hybridized carbons (Fsp3) is 0.385. The van der Waals surface area contributed by atoms with E-state index >= 15 is 0 Å². The van der Waals surface area contributed by atoms with E-state index in [9.17, 15) is 18.0 Å². The Balaban J connectivity index is 2.03. The van der Waals surface area contributed by atoms with Gasteiger partial charge in [-0.1, -0.05) is 0 Å². The molecule has 1 fully saturated rings. The molecule has 0 spiro atoms. The summed E-state index contributed by atoms with van der Waals surface area (Å²) in [5, 5.41) is 4.88. The molecule has 1 atom stereocenters. The lowest BCUT2D eigenvalue weighted by molar-refractivity contribution is -0.120. The zero-order valence-corrected chi connectivity index (χ0v) is 12.9. The van der Waals surface area contributed by atoms with Gasteiger partial charge in [-0.3, -0.25) is 14.4 Å². The van der Waals surface area contributed by atoms with Gasteiger partial charge in [0.05, 0.1) is 11.4 Å². The fourth-order valence-corrected chi connectivity index (χ4v) is 3.76. The van der Waals surface area contributed by atoms with E-state index in [1.807, 2.05) is 5.32 Å². The Labute approximate surface area is 128 Å². The van der Waals surface area contributed by atoms with Crippen LogP contribution in [-0.4, -0.2) is 38.7 Å². The number of benzene rings is 1. The number of primary amides is 1. The number of urea groups is 1. The predicted octanol–water partition coefficient (Wildman–Crippen LogP) is 0.222. The van der Waals surface area contributed by atoms with Gasteiger partial charge in [0.1, 0.15) is 6.04 Å². The van der Waals surface area contributed by atoms with Crippen molar-refractivity contribution in [3.63, 3.8) is 0 Å². The second-order valence-electron chi connectivity index (χ2n) is 5.01. The third kappa shape index (κ3) is 3.67. The fourth-order valence-electron chi connectivity index (χ4n) is 2.20. The Hall–Kier alpha value is -2.29. The number of imide groups is 1. The summed E-state index contributed by atoms with van der Waals surface area (Å²) in [6.45, 7) is 2.06. The van der Waals surface area contributed by atoms with Gasteiger partial charge in [-0.2, -0.15) is 0 Å². The van der Waals surface area contributed by atoms with Gasteiger partial charge in [-0.05, 0) is 37.6 Å². The van der Waals surface area contributed by atoms with Crippen LogP contribution in [0.3, 0.4) is 0 Å². The molecule has 9 heteroatoms. The van der Waals surface area contributed by atoms with Gasteiger partial charge in [0.15, 0.2) is 0 Å². The lowest BCUT2D eigenvalue weighted by atomic mass is 10.2. The monoisotopic (exact) mass is 326 g/mol. The van der Waals surface area contributed by atoms with Gasteiger partial charge in [-0.25, -0.2) is 13.2 Å². The number of sulfonamides is 1. The van der Waals surface area contributed by atoms with Gasteiger partial charge < -0.3 is 11.1 Å². The molecule has 0 aliphatic carbocycles. The highest BCUT2D eigenvalue weighted by Crippen LogP contribution is 2.25. The van der Waals surface area contributed by atoms with Gasteiger partial charge in [-0.15, -0.1) is 0 Å². The molecule has 0 bridgehead atoms. The molecule has 1 aromatic rings. The Morgan fingerprint density at radius 2 is 1.91 bits per heavy atom. The second-order valence-corrected chi connectivity index (χ2v) is 7.02. The molecule has 4 N–H and O–H groups in total. The third-order valence-corrected chi connectivity index (χ3v) is 5.15. The minimum Gasteiger partial charge on any atom is -0.374 e. The summed E-state index contributed by atoms with van der Waals surface area (Å²) in [6.07, 6.45) is 0.618. The molecule has 22 heavy (non-hydrogen) atoms. The van der Waals surface area contributed by atoms with E-state index in [4.69, 9.17) is 5.73 Å². The molecule has 3 amide bonds. The Morgan fingerprint density at radius 1 is 1.27 bits per heavy atom. The van der Waals surface area contributed by atoms with Crippen molar-refractivity contribution in [2.45, 2.75) is 19.4 Å².